The summed E-state index contributed by atoms with van der Waals surface area (Å²) in [6, 6.07) is 11.5. The molecule has 0 amide bonds. The lowest BCUT2D eigenvalue weighted by molar-refractivity contribution is 0.0815. The van der Waals surface area contributed by atoms with E-state index in [1.807, 2.05) is 37.4 Å². The molecule has 0 fully saturated rings. The summed E-state index contributed by atoms with van der Waals surface area (Å²) in [6.45, 7) is 0.00891. The molecule has 0 radical (unpaired) electrons. The second-order valence-corrected chi connectivity index (χ2v) is 4.00. The van der Waals surface area contributed by atoms with Crippen molar-refractivity contribution in [1.82, 2.24) is 5.32 Å². The molecule has 0 unspecified atom stereocenters. The second kappa shape index (κ2) is 5.78. The summed E-state index contributed by atoms with van der Waals surface area (Å²) in [6.07, 6.45) is -2.46. The van der Waals surface area contributed by atoms with Crippen LogP contribution in [0.4, 0.5) is 8.78 Å². The van der Waals surface area contributed by atoms with Crippen molar-refractivity contribution >= 4 is 10.8 Å². The first-order valence-corrected chi connectivity index (χ1v) is 5.78. The number of rotatable bonds is 5. The van der Waals surface area contributed by atoms with Gasteiger partial charge in [-0.25, -0.2) is 8.78 Å². The van der Waals surface area contributed by atoms with Crippen molar-refractivity contribution in [2.45, 2.75) is 13.0 Å². The van der Waals surface area contributed by atoms with Gasteiger partial charge in [-0.2, -0.15) is 0 Å². The van der Waals surface area contributed by atoms with Crippen LogP contribution in [0.25, 0.3) is 10.8 Å². The third-order valence-electron chi connectivity index (χ3n) is 2.72. The molecule has 0 aliphatic carbocycles. The number of benzene rings is 2. The maximum atomic E-state index is 12.2. The van der Waals surface area contributed by atoms with Crippen LogP contribution in [-0.4, -0.2) is 20.1 Å². The van der Waals surface area contributed by atoms with Crippen molar-refractivity contribution in [2.24, 2.45) is 0 Å². The molecule has 0 bridgehead atoms. The zero-order valence-corrected chi connectivity index (χ0v) is 10.1. The van der Waals surface area contributed by atoms with Gasteiger partial charge in [-0.1, -0.05) is 30.3 Å². The fourth-order valence-electron chi connectivity index (χ4n) is 1.96. The Bertz CT molecular complexity index is 528. The molecule has 0 heterocycles. The molecule has 0 saturated carbocycles. The van der Waals surface area contributed by atoms with E-state index in [1.54, 1.807) is 6.07 Å². The van der Waals surface area contributed by atoms with Crippen LogP contribution in [0.1, 0.15) is 5.56 Å². The Labute approximate surface area is 105 Å². The molecule has 18 heavy (non-hydrogen) atoms. The Morgan fingerprint density at radius 1 is 1.17 bits per heavy atom. The minimum atomic E-state index is -2.46. The van der Waals surface area contributed by atoms with Crippen molar-refractivity contribution in [3.63, 3.8) is 0 Å². The largest absolute Gasteiger partial charge is 0.487 e. The van der Waals surface area contributed by atoms with Gasteiger partial charge < -0.3 is 10.1 Å². The molecule has 0 aliphatic rings. The van der Waals surface area contributed by atoms with E-state index in [-0.39, 0.29) is 0 Å². The predicted octanol–water partition coefficient (Wildman–Crippen LogP) is 3.20. The monoisotopic (exact) mass is 251 g/mol. The molecular weight excluding hydrogens is 236 g/mol. The molecule has 2 nitrogen and oxygen atoms in total. The van der Waals surface area contributed by atoms with Crippen LogP contribution < -0.4 is 10.1 Å². The normalized spacial score (nSPS) is 11.1. The van der Waals surface area contributed by atoms with Gasteiger partial charge in [0.05, 0.1) is 0 Å². The van der Waals surface area contributed by atoms with Crippen LogP contribution in [0, 0.1) is 0 Å². The predicted molar refractivity (Wildman–Crippen MR) is 68.2 cm³/mol. The topological polar surface area (TPSA) is 21.3 Å². The third-order valence-corrected chi connectivity index (χ3v) is 2.72. The first-order chi connectivity index (χ1) is 8.72. The van der Waals surface area contributed by atoms with E-state index in [2.05, 4.69) is 5.32 Å². The highest BCUT2D eigenvalue weighted by Crippen LogP contribution is 2.28. The lowest BCUT2D eigenvalue weighted by Gasteiger charge is -2.13. The maximum absolute atomic E-state index is 12.2. The van der Waals surface area contributed by atoms with Gasteiger partial charge in [0, 0.05) is 12.1 Å². The summed E-state index contributed by atoms with van der Waals surface area (Å²) in [5, 5.41) is 5.14. The number of nitrogens with one attached hydrogen (secondary N) is 1. The molecule has 1 N–H and O–H groups in total. The van der Waals surface area contributed by atoms with Crippen LogP contribution in [0.3, 0.4) is 0 Å². The summed E-state index contributed by atoms with van der Waals surface area (Å²) in [4.78, 5) is 0. The molecule has 96 valence electrons. The fraction of sp³-hybridized carbons (Fsp3) is 0.286. The summed E-state index contributed by atoms with van der Waals surface area (Å²) in [5.74, 6) is 0.517. The summed E-state index contributed by atoms with van der Waals surface area (Å²) >= 11 is 0. The smallest absolute Gasteiger partial charge is 0.272 e. The standard InChI is InChI=1S/C14H15F2NO/c1-17-8-12-11-5-3-2-4-10(11)6-7-13(12)18-9-14(15)16/h2-7,14,17H,8-9H2,1H3. The molecule has 0 aliphatic heterocycles. The van der Waals surface area contributed by atoms with Gasteiger partial charge in [0.2, 0.25) is 0 Å². The minimum absolute atomic E-state index is 0.517. The van der Waals surface area contributed by atoms with Crippen LogP contribution in [-0.2, 0) is 6.54 Å². The Balaban J connectivity index is 2.41. The van der Waals surface area contributed by atoms with Crippen molar-refractivity contribution in [3.05, 3.63) is 42.0 Å². The number of alkyl halides is 2. The van der Waals surface area contributed by atoms with Gasteiger partial charge in [0.1, 0.15) is 12.4 Å². The molecule has 2 rings (SSSR count). The van der Waals surface area contributed by atoms with E-state index in [4.69, 9.17) is 4.74 Å². The number of halogens is 2. The average molecular weight is 251 g/mol. The number of hydrogen-bond donors (Lipinski definition) is 1. The van der Waals surface area contributed by atoms with Gasteiger partial charge >= 0.3 is 0 Å². The fourth-order valence-corrected chi connectivity index (χ4v) is 1.96. The quantitative estimate of drug-likeness (QED) is 0.881. The molecule has 4 heteroatoms. The Morgan fingerprint density at radius 2 is 1.94 bits per heavy atom. The lowest BCUT2D eigenvalue weighted by Crippen LogP contribution is -2.11. The van der Waals surface area contributed by atoms with E-state index in [0.717, 1.165) is 16.3 Å². The van der Waals surface area contributed by atoms with Crippen LogP contribution in [0.5, 0.6) is 5.75 Å². The zero-order valence-electron chi connectivity index (χ0n) is 10.1. The summed E-state index contributed by atoms with van der Waals surface area (Å²) < 4.78 is 29.6. The van der Waals surface area contributed by atoms with Crippen LogP contribution in [0.15, 0.2) is 36.4 Å². The minimum Gasteiger partial charge on any atom is -0.487 e. The van der Waals surface area contributed by atoms with E-state index in [9.17, 15) is 8.78 Å². The molecule has 0 atom stereocenters. The molecule has 0 aromatic heterocycles. The highest BCUT2D eigenvalue weighted by atomic mass is 19.3. The SMILES string of the molecule is CNCc1c(OCC(F)F)ccc2ccccc12. The van der Waals surface area contributed by atoms with Gasteiger partial charge in [-0.05, 0) is 23.9 Å². The summed E-state index contributed by atoms with van der Waals surface area (Å²) in [7, 11) is 1.82. The van der Waals surface area contributed by atoms with Crippen molar-refractivity contribution < 1.29 is 13.5 Å². The van der Waals surface area contributed by atoms with Gasteiger partial charge in [0.15, 0.2) is 0 Å². The third kappa shape index (κ3) is 2.76. The van der Waals surface area contributed by atoms with Crippen LogP contribution >= 0.6 is 0 Å². The molecular formula is C14H15F2NO. The van der Waals surface area contributed by atoms with Crippen molar-refractivity contribution in [3.8, 4) is 5.75 Å². The summed E-state index contributed by atoms with van der Waals surface area (Å²) in [5.41, 5.74) is 0.913. The lowest BCUT2D eigenvalue weighted by atomic mass is 10.0. The number of fused-ring (bicyclic) bond motifs is 1. The maximum Gasteiger partial charge on any atom is 0.272 e. The van der Waals surface area contributed by atoms with Crippen molar-refractivity contribution in [1.29, 1.82) is 0 Å². The van der Waals surface area contributed by atoms with Gasteiger partial charge in [0.25, 0.3) is 6.43 Å². The number of ether oxygens (including phenoxy) is 1. The van der Waals surface area contributed by atoms with Crippen LogP contribution in [0.2, 0.25) is 0 Å². The molecule has 2 aromatic rings. The van der Waals surface area contributed by atoms with Gasteiger partial charge in [-0.3, -0.25) is 0 Å². The molecule has 2 aromatic carbocycles. The van der Waals surface area contributed by atoms with E-state index in [1.165, 1.54) is 0 Å². The first kappa shape index (κ1) is 12.8. The Morgan fingerprint density at radius 3 is 2.67 bits per heavy atom. The highest BCUT2D eigenvalue weighted by molar-refractivity contribution is 5.87. The highest BCUT2D eigenvalue weighted by Gasteiger charge is 2.10. The van der Waals surface area contributed by atoms with E-state index >= 15 is 0 Å². The van der Waals surface area contributed by atoms with E-state index < -0.39 is 13.0 Å². The molecule has 0 saturated heterocycles. The number of hydrogen-bond acceptors (Lipinski definition) is 2. The van der Waals surface area contributed by atoms with Crippen molar-refractivity contribution in [2.75, 3.05) is 13.7 Å². The Kier molecular flexibility index (Phi) is 4.10. The molecule has 0 spiro atoms. The van der Waals surface area contributed by atoms with E-state index in [0.29, 0.717) is 12.3 Å². The first-order valence-electron chi connectivity index (χ1n) is 5.78. The Hall–Kier alpha value is -1.68. The average Bonchev–Trinajstić information content (AvgIpc) is 2.38. The van der Waals surface area contributed by atoms with Gasteiger partial charge in [-0.15, -0.1) is 0 Å². The second-order valence-electron chi connectivity index (χ2n) is 4.00. The zero-order chi connectivity index (χ0) is 13.0.